The number of anilines is 1. The molecule has 0 aliphatic carbocycles. The molecule has 4 heterocycles. The van der Waals surface area contributed by atoms with Crippen LogP contribution in [0.15, 0.2) is 12.5 Å². The van der Waals surface area contributed by atoms with Gasteiger partial charge < -0.3 is 9.64 Å². The molecule has 0 bridgehead atoms. The smallest absolute Gasteiger partial charge is 0.163 e. The number of rotatable bonds is 1. The molecular weight excluding hydrogens is 242 g/mol. The highest BCUT2D eigenvalue weighted by Crippen LogP contribution is 2.40. The van der Waals surface area contributed by atoms with Gasteiger partial charge in [-0.3, -0.25) is 4.68 Å². The van der Waals surface area contributed by atoms with Crippen molar-refractivity contribution in [3.05, 3.63) is 12.5 Å². The minimum Gasteiger partial charge on any atom is -0.381 e. The first kappa shape index (κ1) is 11.2. The Hall–Kier alpha value is -1.69. The van der Waals surface area contributed by atoms with Gasteiger partial charge in [-0.15, -0.1) is 0 Å². The summed E-state index contributed by atoms with van der Waals surface area (Å²) >= 11 is 0. The van der Waals surface area contributed by atoms with E-state index in [1.807, 2.05) is 13.2 Å². The SMILES string of the molecule is Cn1ncc2c(N3CCC4(CCOC4)C3)ncnc21. The van der Waals surface area contributed by atoms with Crippen LogP contribution in [0.4, 0.5) is 5.82 Å². The van der Waals surface area contributed by atoms with E-state index in [2.05, 4.69) is 20.0 Å². The lowest BCUT2D eigenvalue weighted by Crippen LogP contribution is -2.28. The lowest BCUT2D eigenvalue weighted by Gasteiger charge is -2.22. The summed E-state index contributed by atoms with van der Waals surface area (Å²) in [6.45, 7) is 3.88. The molecule has 4 rings (SSSR count). The molecule has 0 amide bonds. The summed E-state index contributed by atoms with van der Waals surface area (Å²) in [5.74, 6) is 1.02. The van der Waals surface area contributed by atoms with E-state index in [4.69, 9.17) is 4.74 Å². The number of ether oxygens (including phenoxy) is 1. The van der Waals surface area contributed by atoms with Crippen molar-refractivity contribution in [2.75, 3.05) is 31.2 Å². The topological polar surface area (TPSA) is 56.1 Å². The van der Waals surface area contributed by atoms with Crippen LogP contribution in [0.1, 0.15) is 12.8 Å². The zero-order valence-corrected chi connectivity index (χ0v) is 11.0. The van der Waals surface area contributed by atoms with Gasteiger partial charge in [0.1, 0.15) is 12.1 Å². The molecule has 100 valence electrons. The van der Waals surface area contributed by atoms with Crippen molar-refractivity contribution in [3.8, 4) is 0 Å². The van der Waals surface area contributed by atoms with E-state index in [-0.39, 0.29) is 0 Å². The second-order valence-corrected chi connectivity index (χ2v) is 5.68. The second kappa shape index (κ2) is 3.90. The molecule has 0 N–H and O–H groups in total. The third kappa shape index (κ3) is 1.63. The molecule has 6 heteroatoms. The maximum atomic E-state index is 5.58. The normalized spacial score (nSPS) is 26.9. The summed E-state index contributed by atoms with van der Waals surface area (Å²) in [5, 5.41) is 5.32. The van der Waals surface area contributed by atoms with Crippen molar-refractivity contribution in [2.45, 2.75) is 12.8 Å². The summed E-state index contributed by atoms with van der Waals surface area (Å²) in [6, 6.07) is 0. The molecule has 6 nitrogen and oxygen atoms in total. The molecular formula is C13H17N5O. The highest BCUT2D eigenvalue weighted by atomic mass is 16.5. The minimum absolute atomic E-state index is 0.347. The highest BCUT2D eigenvalue weighted by molar-refractivity contribution is 5.86. The van der Waals surface area contributed by atoms with Crippen molar-refractivity contribution in [2.24, 2.45) is 12.5 Å². The molecule has 1 spiro atoms. The maximum absolute atomic E-state index is 5.58. The van der Waals surface area contributed by atoms with Crippen LogP contribution < -0.4 is 4.90 Å². The van der Waals surface area contributed by atoms with Crippen molar-refractivity contribution >= 4 is 16.9 Å². The average Bonchev–Trinajstić information content (AvgIpc) is 3.13. The monoisotopic (exact) mass is 259 g/mol. The lowest BCUT2D eigenvalue weighted by molar-refractivity contribution is 0.160. The Bertz CT molecular complexity index is 617. The van der Waals surface area contributed by atoms with Crippen LogP contribution in [0.2, 0.25) is 0 Å². The van der Waals surface area contributed by atoms with Crippen molar-refractivity contribution in [1.82, 2.24) is 19.7 Å². The summed E-state index contributed by atoms with van der Waals surface area (Å²) in [5.41, 5.74) is 1.24. The van der Waals surface area contributed by atoms with Gasteiger partial charge in [0, 0.05) is 32.2 Å². The van der Waals surface area contributed by atoms with Gasteiger partial charge in [0.2, 0.25) is 0 Å². The van der Waals surface area contributed by atoms with E-state index in [9.17, 15) is 0 Å². The fraction of sp³-hybridized carbons (Fsp3) is 0.615. The molecule has 2 aromatic rings. The number of nitrogens with zero attached hydrogens (tertiary/aromatic N) is 5. The van der Waals surface area contributed by atoms with E-state index >= 15 is 0 Å². The summed E-state index contributed by atoms with van der Waals surface area (Å²) < 4.78 is 7.38. The minimum atomic E-state index is 0.347. The molecule has 2 saturated heterocycles. The molecule has 2 aliphatic rings. The maximum Gasteiger partial charge on any atom is 0.163 e. The van der Waals surface area contributed by atoms with E-state index < -0.39 is 0 Å². The summed E-state index contributed by atoms with van der Waals surface area (Å²) in [7, 11) is 1.91. The molecule has 0 radical (unpaired) electrons. The van der Waals surface area contributed by atoms with Crippen LogP contribution in [0.25, 0.3) is 11.0 Å². The third-order valence-corrected chi connectivity index (χ3v) is 4.43. The van der Waals surface area contributed by atoms with Crippen LogP contribution in [-0.4, -0.2) is 46.1 Å². The van der Waals surface area contributed by atoms with E-state index in [0.717, 1.165) is 43.2 Å². The van der Waals surface area contributed by atoms with Crippen molar-refractivity contribution in [3.63, 3.8) is 0 Å². The molecule has 1 atom stereocenters. The van der Waals surface area contributed by atoms with Crippen molar-refractivity contribution < 1.29 is 4.74 Å². The first-order valence-electron chi connectivity index (χ1n) is 6.73. The van der Waals surface area contributed by atoms with Crippen LogP contribution in [0, 0.1) is 5.41 Å². The number of hydrogen-bond donors (Lipinski definition) is 0. The first-order valence-corrected chi connectivity index (χ1v) is 6.73. The predicted molar refractivity (Wildman–Crippen MR) is 71.0 cm³/mol. The van der Waals surface area contributed by atoms with Gasteiger partial charge in [0.05, 0.1) is 18.2 Å². The largest absolute Gasteiger partial charge is 0.381 e. The Morgan fingerprint density at radius 3 is 3.11 bits per heavy atom. The quantitative estimate of drug-likeness (QED) is 0.764. The number of aryl methyl sites for hydroxylation is 1. The lowest BCUT2D eigenvalue weighted by atomic mass is 9.87. The molecule has 2 aromatic heterocycles. The predicted octanol–water partition coefficient (Wildman–Crippen LogP) is 0.980. The van der Waals surface area contributed by atoms with Crippen molar-refractivity contribution in [1.29, 1.82) is 0 Å². The zero-order valence-electron chi connectivity index (χ0n) is 11.0. The van der Waals surface area contributed by atoms with Crippen LogP contribution in [0.3, 0.4) is 0 Å². The van der Waals surface area contributed by atoms with Gasteiger partial charge in [-0.1, -0.05) is 0 Å². The fourth-order valence-electron chi connectivity index (χ4n) is 3.29. The van der Waals surface area contributed by atoms with Crippen LogP contribution >= 0.6 is 0 Å². The van der Waals surface area contributed by atoms with Crippen LogP contribution in [0.5, 0.6) is 0 Å². The zero-order chi connectivity index (χ0) is 12.9. The molecule has 2 aliphatic heterocycles. The molecule has 19 heavy (non-hydrogen) atoms. The molecule has 0 saturated carbocycles. The summed E-state index contributed by atoms with van der Waals surface area (Å²) in [4.78, 5) is 11.1. The Morgan fingerprint density at radius 1 is 1.32 bits per heavy atom. The van der Waals surface area contributed by atoms with Gasteiger partial charge in [-0.2, -0.15) is 5.10 Å². The third-order valence-electron chi connectivity index (χ3n) is 4.43. The highest BCUT2D eigenvalue weighted by Gasteiger charge is 2.42. The average molecular weight is 259 g/mol. The van der Waals surface area contributed by atoms with E-state index in [1.54, 1.807) is 11.0 Å². The molecule has 2 fully saturated rings. The molecule has 0 aromatic carbocycles. The molecule has 1 unspecified atom stereocenters. The van der Waals surface area contributed by atoms with Gasteiger partial charge in [0.25, 0.3) is 0 Å². The Balaban J connectivity index is 1.72. The second-order valence-electron chi connectivity index (χ2n) is 5.68. The van der Waals surface area contributed by atoms with Gasteiger partial charge >= 0.3 is 0 Å². The number of hydrogen-bond acceptors (Lipinski definition) is 5. The van der Waals surface area contributed by atoms with E-state index in [1.165, 1.54) is 12.8 Å². The first-order chi connectivity index (χ1) is 9.27. The Kier molecular flexibility index (Phi) is 2.29. The number of aromatic nitrogens is 4. The van der Waals surface area contributed by atoms with Gasteiger partial charge in [-0.25, -0.2) is 9.97 Å². The van der Waals surface area contributed by atoms with E-state index in [0.29, 0.717) is 5.41 Å². The Labute approximate surface area is 111 Å². The number of fused-ring (bicyclic) bond motifs is 1. The fourth-order valence-corrected chi connectivity index (χ4v) is 3.29. The van der Waals surface area contributed by atoms with Crippen LogP contribution in [-0.2, 0) is 11.8 Å². The Morgan fingerprint density at radius 2 is 2.26 bits per heavy atom. The standard InChI is InChI=1S/C13H17N5O/c1-17-11-10(6-16-17)12(15-9-14-11)18-4-2-13(7-18)3-5-19-8-13/h6,9H,2-5,7-8H2,1H3. The summed E-state index contributed by atoms with van der Waals surface area (Å²) in [6.07, 6.45) is 5.86. The van der Waals surface area contributed by atoms with Gasteiger partial charge in [0.15, 0.2) is 5.65 Å². The van der Waals surface area contributed by atoms with Gasteiger partial charge in [-0.05, 0) is 12.8 Å².